The molecule has 0 unspecified atom stereocenters. The monoisotopic (exact) mass is 600 g/mol. The van der Waals surface area contributed by atoms with Crippen LogP contribution in [-0.4, -0.2) is 78.5 Å². The van der Waals surface area contributed by atoms with Gasteiger partial charge in [-0.3, -0.25) is 14.5 Å². The zero-order valence-electron chi connectivity index (χ0n) is 25.1. The number of ether oxygens (including phenoxy) is 1. The molecule has 2 saturated heterocycles. The van der Waals surface area contributed by atoms with Gasteiger partial charge in [-0.2, -0.15) is 0 Å². The lowest BCUT2D eigenvalue weighted by molar-refractivity contribution is -0.112. The van der Waals surface area contributed by atoms with E-state index in [1.54, 1.807) is 4.40 Å². The van der Waals surface area contributed by atoms with Gasteiger partial charge in [0.15, 0.2) is 0 Å². The van der Waals surface area contributed by atoms with Gasteiger partial charge in [-0.1, -0.05) is 42.5 Å². The Hall–Kier alpha value is -4.99. The minimum atomic E-state index is -0.666. The largest absolute Gasteiger partial charge is 0.379 e. The normalized spacial score (nSPS) is 15.7. The first-order chi connectivity index (χ1) is 22.1. The first kappa shape index (κ1) is 28.8. The summed E-state index contributed by atoms with van der Waals surface area (Å²) in [5.74, 6) is -0.238. The van der Waals surface area contributed by atoms with Crippen LogP contribution >= 0.6 is 0 Å². The van der Waals surface area contributed by atoms with Crippen LogP contribution in [0.3, 0.4) is 0 Å². The first-order valence-corrected chi connectivity index (χ1v) is 15.5. The van der Waals surface area contributed by atoms with E-state index in [4.69, 9.17) is 9.72 Å². The molecule has 2 aromatic carbocycles. The third kappa shape index (κ3) is 6.31. The van der Waals surface area contributed by atoms with Crippen LogP contribution in [-0.2, 0) is 16.1 Å². The summed E-state index contributed by atoms with van der Waals surface area (Å²) in [7, 11) is 0. The molecule has 0 radical (unpaired) electrons. The number of benzene rings is 2. The van der Waals surface area contributed by atoms with Gasteiger partial charge in [0.05, 0.1) is 13.2 Å². The van der Waals surface area contributed by atoms with E-state index in [0.29, 0.717) is 11.4 Å². The van der Waals surface area contributed by atoms with E-state index in [9.17, 15) is 9.59 Å². The van der Waals surface area contributed by atoms with Crippen molar-refractivity contribution < 1.29 is 14.3 Å². The van der Waals surface area contributed by atoms with Crippen molar-refractivity contribution in [2.24, 2.45) is 0 Å². The Morgan fingerprint density at radius 1 is 0.778 bits per heavy atom. The van der Waals surface area contributed by atoms with Gasteiger partial charge in [0.1, 0.15) is 11.5 Å². The number of carbonyl (C=O) groups excluding carboxylic acids is 2. The number of morpholine rings is 1. The molecule has 1 amide bonds. The molecule has 5 aromatic rings. The molecule has 9 heteroatoms. The van der Waals surface area contributed by atoms with Gasteiger partial charge in [-0.05, 0) is 59.7 Å². The number of carbonyl (C=O) groups is 2. The van der Waals surface area contributed by atoms with E-state index in [1.807, 2.05) is 91.3 Å². The van der Waals surface area contributed by atoms with Gasteiger partial charge in [-0.25, -0.2) is 4.98 Å². The molecule has 7 rings (SSSR count). The fraction of sp³-hybridized carbons (Fsp3) is 0.250. The Kier molecular flexibility index (Phi) is 8.27. The second-order valence-corrected chi connectivity index (χ2v) is 11.5. The van der Waals surface area contributed by atoms with E-state index in [1.165, 1.54) is 5.56 Å². The fourth-order valence-corrected chi connectivity index (χ4v) is 6.15. The zero-order chi connectivity index (χ0) is 30.6. The van der Waals surface area contributed by atoms with Crippen LogP contribution in [0.5, 0.6) is 0 Å². The number of pyridine rings is 2. The van der Waals surface area contributed by atoms with Crippen molar-refractivity contribution in [3.8, 4) is 11.1 Å². The maximum Gasteiger partial charge on any atom is 0.298 e. The number of anilines is 3. The molecule has 9 nitrogen and oxygen atoms in total. The standard InChI is InChI=1S/C36H36N6O3/c43-35(34-32(28-6-2-1-3-7-28)24-31-8-4-5-15-42(31)34)36(44)38-29-10-12-30(13-11-29)40-16-18-41(19-17-40)33-14-9-27(25-37-33)26-39-20-22-45-23-21-39/h1-15,24-25H,16-23,26H2,(H,38,44). The van der Waals surface area contributed by atoms with Crippen LogP contribution in [0.2, 0.25) is 0 Å². The van der Waals surface area contributed by atoms with Gasteiger partial charge in [0.25, 0.3) is 11.7 Å². The molecule has 2 fully saturated rings. The number of nitrogens with zero attached hydrogens (tertiary/aromatic N) is 5. The molecule has 0 spiro atoms. The number of nitrogens with one attached hydrogen (secondary N) is 1. The van der Waals surface area contributed by atoms with Crippen molar-refractivity contribution in [1.82, 2.24) is 14.3 Å². The van der Waals surface area contributed by atoms with Crippen molar-refractivity contribution in [2.45, 2.75) is 6.54 Å². The molecular weight excluding hydrogens is 564 g/mol. The topological polar surface area (TPSA) is 82.4 Å². The summed E-state index contributed by atoms with van der Waals surface area (Å²) in [6.45, 7) is 7.93. The number of rotatable bonds is 8. The molecular formula is C36H36N6O3. The summed E-state index contributed by atoms with van der Waals surface area (Å²) >= 11 is 0. The van der Waals surface area contributed by atoms with Crippen LogP contribution < -0.4 is 15.1 Å². The number of ketones is 1. The maximum absolute atomic E-state index is 13.5. The molecule has 5 heterocycles. The quantitative estimate of drug-likeness (QED) is 0.199. The number of Topliss-reactive ketones (excluding diaryl/α,β-unsaturated/α-hetero) is 1. The zero-order valence-corrected chi connectivity index (χ0v) is 25.1. The van der Waals surface area contributed by atoms with Crippen LogP contribution in [0.15, 0.2) is 103 Å². The highest BCUT2D eigenvalue weighted by Crippen LogP contribution is 2.29. The second-order valence-electron chi connectivity index (χ2n) is 11.5. The summed E-state index contributed by atoms with van der Waals surface area (Å²) in [5.41, 5.74) is 5.72. The van der Waals surface area contributed by atoms with E-state index in [2.05, 4.69) is 32.1 Å². The molecule has 0 aliphatic carbocycles. The predicted molar refractivity (Wildman–Crippen MR) is 177 cm³/mol. The molecule has 2 aliphatic heterocycles. The smallest absolute Gasteiger partial charge is 0.298 e. The summed E-state index contributed by atoms with van der Waals surface area (Å²) in [6, 6.07) is 29.3. The van der Waals surface area contributed by atoms with Crippen molar-refractivity contribution in [2.75, 3.05) is 67.6 Å². The molecule has 0 bridgehead atoms. The summed E-state index contributed by atoms with van der Waals surface area (Å²) in [5, 5.41) is 2.82. The van der Waals surface area contributed by atoms with Crippen LogP contribution in [0.25, 0.3) is 16.6 Å². The number of amides is 1. The Bertz CT molecular complexity index is 1770. The highest BCUT2D eigenvalue weighted by molar-refractivity contribution is 6.47. The second kappa shape index (κ2) is 12.9. The molecule has 0 atom stereocenters. The van der Waals surface area contributed by atoms with E-state index >= 15 is 0 Å². The van der Waals surface area contributed by atoms with Gasteiger partial charge < -0.3 is 24.3 Å². The average molecular weight is 601 g/mol. The van der Waals surface area contributed by atoms with Crippen molar-refractivity contribution >= 4 is 34.4 Å². The van der Waals surface area contributed by atoms with Crippen LogP contribution in [0.1, 0.15) is 16.1 Å². The van der Waals surface area contributed by atoms with E-state index in [0.717, 1.165) is 87.2 Å². The SMILES string of the molecule is O=C(Nc1ccc(N2CCN(c3ccc(CN4CCOCC4)cn3)CC2)cc1)C(=O)c1c(-c2ccccc2)cc2ccccn12. The molecule has 2 aliphatic rings. The van der Waals surface area contributed by atoms with E-state index < -0.39 is 11.7 Å². The number of fused-ring (bicyclic) bond motifs is 1. The lowest BCUT2D eigenvalue weighted by atomic mass is 10.0. The Morgan fingerprint density at radius 3 is 2.24 bits per heavy atom. The number of aromatic nitrogens is 2. The van der Waals surface area contributed by atoms with Crippen LogP contribution in [0, 0.1) is 0 Å². The highest BCUT2D eigenvalue weighted by atomic mass is 16.5. The Balaban J connectivity index is 0.966. The van der Waals surface area contributed by atoms with E-state index in [-0.39, 0.29) is 0 Å². The van der Waals surface area contributed by atoms with Gasteiger partial charge >= 0.3 is 0 Å². The number of piperazine rings is 1. The van der Waals surface area contributed by atoms with Gasteiger partial charge in [0.2, 0.25) is 0 Å². The predicted octanol–water partition coefficient (Wildman–Crippen LogP) is 4.98. The Morgan fingerprint density at radius 2 is 1.51 bits per heavy atom. The van der Waals surface area contributed by atoms with Crippen molar-refractivity contribution in [3.05, 3.63) is 115 Å². The molecule has 1 N–H and O–H groups in total. The van der Waals surface area contributed by atoms with Gasteiger partial charge in [0, 0.05) is 80.7 Å². The minimum Gasteiger partial charge on any atom is -0.379 e. The minimum absolute atomic E-state index is 0.352. The number of hydrogen-bond donors (Lipinski definition) is 1. The summed E-state index contributed by atoms with van der Waals surface area (Å²) in [4.78, 5) is 38.6. The Labute approximate surface area is 262 Å². The van der Waals surface area contributed by atoms with Crippen molar-refractivity contribution in [3.63, 3.8) is 0 Å². The van der Waals surface area contributed by atoms with Crippen LogP contribution in [0.4, 0.5) is 17.2 Å². The third-order valence-electron chi connectivity index (χ3n) is 8.60. The van der Waals surface area contributed by atoms with Gasteiger partial charge in [-0.15, -0.1) is 0 Å². The number of hydrogen-bond acceptors (Lipinski definition) is 7. The molecule has 45 heavy (non-hydrogen) atoms. The maximum atomic E-state index is 13.5. The summed E-state index contributed by atoms with van der Waals surface area (Å²) in [6.07, 6.45) is 3.81. The highest BCUT2D eigenvalue weighted by Gasteiger charge is 2.25. The van der Waals surface area contributed by atoms with Crippen molar-refractivity contribution in [1.29, 1.82) is 0 Å². The fourth-order valence-electron chi connectivity index (χ4n) is 6.15. The lowest BCUT2D eigenvalue weighted by Crippen LogP contribution is -2.46. The lowest BCUT2D eigenvalue weighted by Gasteiger charge is -2.37. The molecule has 228 valence electrons. The average Bonchev–Trinajstić information content (AvgIpc) is 3.49. The molecule has 0 saturated carbocycles. The first-order valence-electron chi connectivity index (χ1n) is 15.5. The summed E-state index contributed by atoms with van der Waals surface area (Å²) < 4.78 is 7.23. The third-order valence-corrected chi connectivity index (χ3v) is 8.60. The molecule has 3 aromatic heterocycles.